The topological polar surface area (TPSA) is 38.8 Å². The largest absolute Gasteiger partial charge is 0.454 e. The Balaban J connectivity index is 1.67. The van der Waals surface area contributed by atoms with Crippen LogP contribution in [0, 0.1) is 0 Å². The fraction of sp³-hybridized carbons (Fsp3) is 0.462. The van der Waals surface area contributed by atoms with Gasteiger partial charge in [-0.05, 0) is 18.1 Å². The van der Waals surface area contributed by atoms with Gasteiger partial charge >= 0.3 is 0 Å². The molecule has 3 rings (SSSR count). The SMILES string of the molecule is O=C1CC(Br)CN1CCc1cccc2c1OCO2. The van der Waals surface area contributed by atoms with Gasteiger partial charge in [-0.1, -0.05) is 28.1 Å². The van der Waals surface area contributed by atoms with Gasteiger partial charge in [-0.15, -0.1) is 0 Å². The van der Waals surface area contributed by atoms with Crippen LogP contribution < -0.4 is 9.47 Å². The Labute approximate surface area is 114 Å². The van der Waals surface area contributed by atoms with Crippen molar-refractivity contribution in [3.63, 3.8) is 0 Å². The Morgan fingerprint density at radius 2 is 2.28 bits per heavy atom. The van der Waals surface area contributed by atoms with Gasteiger partial charge in [-0.3, -0.25) is 4.79 Å². The molecule has 1 atom stereocenters. The second kappa shape index (κ2) is 4.80. The van der Waals surface area contributed by atoms with Crippen molar-refractivity contribution in [3.05, 3.63) is 23.8 Å². The quantitative estimate of drug-likeness (QED) is 0.801. The molecule has 1 saturated heterocycles. The second-order valence-electron chi connectivity index (χ2n) is 4.54. The molecule has 0 saturated carbocycles. The molecule has 0 bridgehead atoms. The van der Waals surface area contributed by atoms with Crippen molar-refractivity contribution in [1.29, 1.82) is 0 Å². The molecule has 2 aliphatic rings. The first-order chi connectivity index (χ1) is 8.74. The van der Waals surface area contributed by atoms with E-state index in [-0.39, 0.29) is 5.91 Å². The zero-order chi connectivity index (χ0) is 12.5. The van der Waals surface area contributed by atoms with Gasteiger partial charge in [-0.2, -0.15) is 0 Å². The number of rotatable bonds is 3. The molecule has 1 aromatic carbocycles. The minimum absolute atomic E-state index is 0.224. The van der Waals surface area contributed by atoms with E-state index in [9.17, 15) is 4.79 Å². The number of carbonyl (C=O) groups excluding carboxylic acids is 1. The number of carbonyl (C=O) groups is 1. The summed E-state index contributed by atoms with van der Waals surface area (Å²) >= 11 is 3.49. The van der Waals surface area contributed by atoms with E-state index < -0.39 is 0 Å². The number of alkyl halides is 1. The van der Waals surface area contributed by atoms with E-state index in [0.717, 1.165) is 36.6 Å². The van der Waals surface area contributed by atoms with Crippen molar-refractivity contribution >= 4 is 21.8 Å². The summed E-state index contributed by atoms with van der Waals surface area (Å²) in [5.74, 6) is 1.86. The number of para-hydroxylation sites is 1. The van der Waals surface area contributed by atoms with Crippen molar-refractivity contribution in [2.24, 2.45) is 0 Å². The Hall–Kier alpha value is -1.23. The third-order valence-electron chi connectivity index (χ3n) is 3.30. The van der Waals surface area contributed by atoms with Crippen LogP contribution in [-0.4, -0.2) is 35.5 Å². The molecule has 1 fully saturated rings. The number of nitrogens with zero attached hydrogens (tertiary/aromatic N) is 1. The molecule has 18 heavy (non-hydrogen) atoms. The first-order valence-corrected chi connectivity index (χ1v) is 6.95. The summed E-state index contributed by atoms with van der Waals surface area (Å²) < 4.78 is 10.8. The summed E-state index contributed by atoms with van der Waals surface area (Å²) in [6, 6.07) is 5.89. The Bertz CT molecular complexity index is 477. The molecule has 0 N–H and O–H groups in total. The predicted octanol–water partition coefficient (Wildman–Crippen LogP) is 1.95. The summed E-state index contributed by atoms with van der Waals surface area (Å²) in [4.78, 5) is 13.9. The van der Waals surface area contributed by atoms with Crippen molar-refractivity contribution in [3.8, 4) is 11.5 Å². The van der Waals surface area contributed by atoms with Crippen LogP contribution in [0.2, 0.25) is 0 Å². The van der Waals surface area contributed by atoms with E-state index in [0.29, 0.717) is 18.0 Å². The van der Waals surface area contributed by atoms with Gasteiger partial charge in [0, 0.05) is 24.3 Å². The maximum Gasteiger partial charge on any atom is 0.231 e. The number of halogens is 1. The third-order valence-corrected chi connectivity index (χ3v) is 3.91. The summed E-state index contributed by atoms with van der Waals surface area (Å²) in [6.07, 6.45) is 1.41. The molecular formula is C13H14BrNO3. The summed E-state index contributed by atoms with van der Waals surface area (Å²) in [5, 5.41) is 0. The number of hydrogen-bond acceptors (Lipinski definition) is 3. The summed E-state index contributed by atoms with van der Waals surface area (Å²) in [5.41, 5.74) is 1.11. The number of benzene rings is 1. The highest BCUT2D eigenvalue weighted by Crippen LogP contribution is 2.35. The van der Waals surface area contributed by atoms with E-state index in [1.165, 1.54) is 0 Å². The number of ether oxygens (including phenoxy) is 2. The van der Waals surface area contributed by atoms with Crippen LogP contribution in [0.4, 0.5) is 0 Å². The van der Waals surface area contributed by atoms with E-state index in [2.05, 4.69) is 15.9 Å². The number of hydrogen-bond donors (Lipinski definition) is 0. The fourth-order valence-corrected chi connectivity index (χ4v) is 3.01. The van der Waals surface area contributed by atoms with Gasteiger partial charge in [0.05, 0.1) is 0 Å². The van der Waals surface area contributed by atoms with Crippen LogP contribution in [-0.2, 0) is 11.2 Å². The Morgan fingerprint density at radius 3 is 3.06 bits per heavy atom. The molecule has 0 spiro atoms. The molecule has 1 aromatic rings. The molecule has 0 aliphatic carbocycles. The molecular weight excluding hydrogens is 298 g/mol. The van der Waals surface area contributed by atoms with E-state index >= 15 is 0 Å². The third kappa shape index (κ3) is 2.19. The van der Waals surface area contributed by atoms with Crippen LogP contribution >= 0.6 is 15.9 Å². The van der Waals surface area contributed by atoms with E-state index in [4.69, 9.17) is 9.47 Å². The smallest absolute Gasteiger partial charge is 0.231 e. The highest BCUT2D eigenvalue weighted by Gasteiger charge is 2.27. The highest BCUT2D eigenvalue weighted by atomic mass is 79.9. The Morgan fingerprint density at radius 1 is 1.39 bits per heavy atom. The number of amides is 1. The zero-order valence-corrected chi connectivity index (χ0v) is 11.5. The molecule has 5 heteroatoms. The van der Waals surface area contributed by atoms with Gasteiger partial charge in [0.2, 0.25) is 12.7 Å². The molecule has 0 aromatic heterocycles. The van der Waals surface area contributed by atoms with Gasteiger partial charge in [0.25, 0.3) is 0 Å². The average Bonchev–Trinajstić information content (AvgIpc) is 2.93. The van der Waals surface area contributed by atoms with E-state index in [1.54, 1.807) is 0 Å². The molecule has 1 unspecified atom stereocenters. The van der Waals surface area contributed by atoms with Crippen LogP contribution in [0.3, 0.4) is 0 Å². The van der Waals surface area contributed by atoms with Gasteiger partial charge in [-0.25, -0.2) is 0 Å². The normalized spacial score (nSPS) is 21.7. The van der Waals surface area contributed by atoms with Crippen molar-refractivity contribution in [1.82, 2.24) is 4.90 Å². The minimum Gasteiger partial charge on any atom is -0.454 e. The maximum atomic E-state index is 11.7. The van der Waals surface area contributed by atoms with Crippen molar-refractivity contribution < 1.29 is 14.3 Å². The average molecular weight is 312 g/mol. The lowest BCUT2D eigenvalue weighted by Crippen LogP contribution is -2.27. The maximum absolute atomic E-state index is 11.7. The van der Waals surface area contributed by atoms with Crippen LogP contribution in [0.25, 0.3) is 0 Å². The van der Waals surface area contributed by atoms with Crippen molar-refractivity contribution in [2.75, 3.05) is 19.9 Å². The highest BCUT2D eigenvalue weighted by molar-refractivity contribution is 9.09. The molecule has 1 amide bonds. The second-order valence-corrected chi connectivity index (χ2v) is 5.84. The van der Waals surface area contributed by atoms with Gasteiger partial charge < -0.3 is 14.4 Å². The number of fused-ring (bicyclic) bond motifs is 1. The first kappa shape index (κ1) is 11.8. The standard InChI is InChI=1S/C13H14BrNO3/c14-10-6-12(16)15(7-10)5-4-9-2-1-3-11-13(9)18-8-17-11/h1-3,10H,4-8H2. The molecule has 0 radical (unpaired) electrons. The minimum atomic E-state index is 0.224. The van der Waals surface area contributed by atoms with E-state index in [1.807, 2.05) is 23.1 Å². The molecule has 2 aliphatic heterocycles. The monoisotopic (exact) mass is 311 g/mol. The van der Waals surface area contributed by atoms with Crippen LogP contribution in [0.15, 0.2) is 18.2 Å². The first-order valence-electron chi connectivity index (χ1n) is 6.03. The van der Waals surface area contributed by atoms with Gasteiger partial charge in [0.1, 0.15) is 0 Å². The lowest BCUT2D eigenvalue weighted by Gasteiger charge is -2.16. The van der Waals surface area contributed by atoms with Crippen LogP contribution in [0.5, 0.6) is 11.5 Å². The van der Waals surface area contributed by atoms with Crippen molar-refractivity contribution in [2.45, 2.75) is 17.7 Å². The lowest BCUT2D eigenvalue weighted by molar-refractivity contribution is -0.127. The van der Waals surface area contributed by atoms with Gasteiger partial charge in [0.15, 0.2) is 11.5 Å². The lowest BCUT2D eigenvalue weighted by atomic mass is 10.1. The summed E-state index contributed by atoms with van der Waals surface area (Å²) in [6.45, 7) is 1.82. The molecule has 96 valence electrons. The molecule has 4 nitrogen and oxygen atoms in total. The molecule has 2 heterocycles. The fourth-order valence-electron chi connectivity index (χ4n) is 2.38. The summed E-state index contributed by atoms with van der Waals surface area (Å²) in [7, 11) is 0. The number of likely N-dealkylation sites (tertiary alicyclic amines) is 1. The van der Waals surface area contributed by atoms with Crippen LogP contribution in [0.1, 0.15) is 12.0 Å². The predicted molar refractivity (Wildman–Crippen MR) is 70.2 cm³/mol. The Kier molecular flexibility index (Phi) is 3.16. The zero-order valence-electron chi connectivity index (χ0n) is 9.89.